The molecule has 2 amide bonds. The largest absolute Gasteiger partial charge is 0.481 e. The fourth-order valence-corrected chi connectivity index (χ4v) is 2.16. The SMILES string of the molecule is CC(=O)Nc1ccccc1NC(=O)[C@H](C)Oc1ccc(Br)cc1. The number of nitrogens with one attached hydrogen (secondary N) is 2. The van der Waals surface area contributed by atoms with Gasteiger partial charge >= 0.3 is 0 Å². The molecule has 2 aromatic carbocycles. The van der Waals surface area contributed by atoms with Gasteiger partial charge in [0.15, 0.2) is 6.10 Å². The molecule has 0 aliphatic carbocycles. The molecular formula is C17H17BrN2O3. The van der Waals surface area contributed by atoms with Crippen LogP contribution in [0.3, 0.4) is 0 Å². The van der Waals surface area contributed by atoms with Crippen molar-refractivity contribution in [3.05, 3.63) is 53.0 Å². The predicted octanol–water partition coefficient (Wildman–Crippen LogP) is 3.81. The van der Waals surface area contributed by atoms with E-state index in [1.165, 1.54) is 6.92 Å². The Morgan fingerprint density at radius 1 is 1.00 bits per heavy atom. The molecule has 120 valence electrons. The van der Waals surface area contributed by atoms with Crippen molar-refractivity contribution in [1.29, 1.82) is 0 Å². The molecule has 0 fully saturated rings. The molecule has 2 aromatic rings. The fraction of sp³-hybridized carbons (Fsp3) is 0.176. The minimum Gasteiger partial charge on any atom is -0.481 e. The number of carbonyl (C=O) groups excluding carboxylic acids is 2. The first-order valence-electron chi connectivity index (χ1n) is 7.05. The van der Waals surface area contributed by atoms with Gasteiger partial charge in [-0.3, -0.25) is 9.59 Å². The summed E-state index contributed by atoms with van der Waals surface area (Å²) >= 11 is 3.34. The van der Waals surface area contributed by atoms with Crippen LogP contribution in [0.4, 0.5) is 11.4 Å². The van der Waals surface area contributed by atoms with Crippen molar-refractivity contribution in [3.8, 4) is 5.75 Å². The van der Waals surface area contributed by atoms with Crippen LogP contribution < -0.4 is 15.4 Å². The van der Waals surface area contributed by atoms with E-state index in [0.717, 1.165) is 4.47 Å². The molecule has 5 nitrogen and oxygen atoms in total. The molecule has 0 aromatic heterocycles. The predicted molar refractivity (Wildman–Crippen MR) is 93.6 cm³/mol. The normalized spacial score (nSPS) is 11.4. The lowest BCUT2D eigenvalue weighted by Gasteiger charge is -2.16. The van der Waals surface area contributed by atoms with Crippen LogP contribution in [0.15, 0.2) is 53.0 Å². The van der Waals surface area contributed by atoms with Crippen molar-refractivity contribution < 1.29 is 14.3 Å². The summed E-state index contributed by atoms with van der Waals surface area (Å²) in [6.45, 7) is 3.08. The maximum Gasteiger partial charge on any atom is 0.265 e. The third kappa shape index (κ3) is 5.10. The average molecular weight is 377 g/mol. The van der Waals surface area contributed by atoms with Gasteiger partial charge in [0.2, 0.25) is 5.91 Å². The Bertz CT molecular complexity index is 701. The van der Waals surface area contributed by atoms with E-state index in [1.54, 1.807) is 43.3 Å². The minimum atomic E-state index is -0.679. The van der Waals surface area contributed by atoms with Crippen molar-refractivity contribution in [2.45, 2.75) is 20.0 Å². The minimum absolute atomic E-state index is 0.203. The fourth-order valence-electron chi connectivity index (χ4n) is 1.90. The van der Waals surface area contributed by atoms with E-state index in [1.807, 2.05) is 12.1 Å². The van der Waals surface area contributed by atoms with E-state index in [2.05, 4.69) is 26.6 Å². The van der Waals surface area contributed by atoms with Gasteiger partial charge in [0.1, 0.15) is 5.75 Å². The van der Waals surface area contributed by atoms with Crippen molar-refractivity contribution in [1.82, 2.24) is 0 Å². The summed E-state index contributed by atoms with van der Waals surface area (Å²) in [5.74, 6) is 0.0996. The maximum atomic E-state index is 12.3. The van der Waals surface area contributed by atoms with Gasteiger partial charge in [-0.25, -0.2) is 0 Å². The van der Waals surface area contributed by atoms with E-state index < -0.39 is 6.10 Å². The lowest BCUT2D eigenvalue weighted by molar-refractivity contribution is -0.122. The van der Waals surface area contributed by atoms with Crippen LogP contribution in [0, 0.1) is 0 Å². The number of hydrogen-bond donors (Lipinski definition) is 2. The number of hydrogen-bond acceptors (Lipinski definition) is 3. The van der Waals surface area contributed by atoms with E-state index >= 15 is 0 Å². The second kappa shape index (κ2) is 7.78. The van der Waals surface area contributed by atoms with Crippen molar-refractivity contribution in [3.63, 3.8) is 0 Å². The van der Waals surface area contributed by atoms with E-state index in [0.29, 0.717) is 17.1 Å². The molecule has 0 aliphatic heterocycles. The summed E-state index contributed by atoms with van der Waals surface area (Å²) in [5, 5.41) is 5.43. The first-order valence-corrected chi connectivity index (χ1v) is 7.84. The van der Waals surface area contributed by atoms with Crippen LogP contribution in [0.2, 0.25) is 0 Å². The van der Waals surface area contributed by atoms with Crippen LogP contribution in [0.25, 0.3) is 0 Å². The highest BCUT2D eigenvalue weighted by Gasteiger charge is 2.16. The van der Waals surface area contributed by atoms with Crippen LogP contribution in [-0.4, -0.2) is 17.9 Å². The molecule has 0 radical (unpaired) electrons. The monoisotopic (exact) mass is 376 g/mol. The van der Waals surface area contributed by atoms with Gasteiger partial charge in [-0.1, -0.05) is 28.1 Å². The Kier molecular flexibility index (Phi) is 5.76. The molecular weight excluding hydrogens is 360 g/mol. The summed E-state index contributed by atoms with van der Waals surface area (Å²) in [5.41, 5.74) is 1.07. The van der Waals surface area contributed by atoms with Crippen LogP contribution in [0.5, 0.6) is 5.75 Å². The number of benzene rings is 2. The van der Waals surface area contributed by atoms with Crippen LogP contribution in [-0.2, 0) is 9.59 Å². The number of rotatable bonds is 5. The molecule has 0 bridgehead atoms. The summed E-state index contributed by atoms with van der Waals surface area (Å²) in [4.78, 5) is 23.5. The standard InChI is InChI=1S/C17H17BrN2O3/c1-11(23-14-9-7-13(18)8-10-14)17(22)20-16-6-4-3-5-15(16)19-12(2)21/h3-11H,1-2H3,(H,19,21)(H,20,22)/t11-/m0/s1. The summed E-state index contributed by atoms with van der Waals surface area (Å²) in [6, 6.07) is 14.2. The zero-order valence-corrected chi connectivity index (χ0v) is 14.4. The molecule has 0 heterocycles. The number of carbonyl (C=O) groups is 2. The van der Waals surface area contributed by atoms with E-state index in [4.69, 9.17) is 4.74 Å². The number of ether oxygens (including phenoxy) is 1. The van der Waals surface area contributed by atoms with E-state index in [-0.39, 0.29) is 11.8 Å². The summed E-state index contributed by atoms with van der Waals surface area (Å²) < 4.78 is 6.54. The van der Waals surface area contributed by atoms with Crippen LogP contribution in [0.1, 0.15) is 13.8 Å². The Balaban J connectivity index is 2.03. The van der Waals surface area contributed by atoms with Crippen molar-refractivity contribution >= 4 is 39.1 Å². The topological polar surface area (TPSA) is 67.4 Å². The maximum absolute atomic E-state index is 12.3. The number of para-hydroxylation sites is 2. The summed E-state index contributed by atoms with van der Waals surface area (Å²) in [6.07, 6.45) is -0.679. The van der Waals surface area contributed by atoms with Gasteiger partial charge in [-0.15, -0.1) is 0 Å². The number of anilines is 2. The lowest BCUT2D eigenvalue weighted by Crippen LogP contribution is -2.30. The highest BCUT2D eigenvalue weighted by molar-refractivity contribution is 9.10. The molecule has 6 heteroatoms. The first kappa shape index (κ1) is 17.0. The molecule has 0 aliphatic rings. The van der Waals surface area contributed by atoms with Crippen molar-refractivity contribution in [2.24, 2.45) is 0 Å². The highest BCUT2D eigenvalue weighted by atomic mass is 79.9. The molecule has 1 atom stereocenters. The van der Waals surface area contributed by atoms with Gasteiger partial charge in [0.05, 0.1) is 11.4 Å². The van der Waals surface area contributed by atoms with Gasteiger partial charge in [0, 0.05) is 11.4 Å². The molecule has 2 N–H and O–H groups in total. The van der Waals surface area contributed by atoms with Gasteiger partial charge in [0.25, 0.3) is 5.91 Å². The third-order valence-electron chi connectivity index (χ3n) is 2.99. The molecule has 23 heavy (non-hydrogen) atoms. The van der Waals surface area contributed by atoms with Crippen LogP contribution >= 0.6 is 15.9 Å². The first-order chi connectivity index (χ1) is 11.0. The Morgan fingerprint density at radius 2 is 1.57 bits per heavy atom. The number of amides is 2. The quantitative estimate of drug-likeness (QED) is 0.833. The van der Waals surface area contributed by atoms with Gasteiger partial charge < -0.3 is 15.4 Å². The Morgan fingerprint density at radius 3 is 2.13 bits per heavy atom. The third-order valence-corrected chi connectivity index (χ3v) is 3.52. The molecule has 2 rings (SSSR count). The molecule has 0 saturated heterocycles. The zero-order valence-electron chi connectivity index (χ0n) is 12.8. The number of halogens is 1. The Labute approximate surface area is 143 Å². The lowest BCUT2D eigenvalue weighted by atomic mass is 10.2. The zero-order chi connectivity index (χ0) is 16.8. The Hall–Kier alpha value is -2.34. The second-order valence-corrected chi connectivity index (χ2v) is 5.85. The smallest absolute Gasteiger partial charge is 0.265 e. The molecule has 0 unspecified atom stereocenters. The average Bonchev–Trinajstić information content (AvgIpc) is 2.51. The molecule has 0 spiro atoms. The van der Waals surface area contributed by atoms with Gasteiger partial charge in [-0.05, 0) is 43.3 Å². The summed E-state index contributed by atoms with van der Waals surface area (Å²) in [7, 11) is 0. The van der Waals surface area contributed by atoms with E-state index in [9.17, 15) is 9.59 Å². The molecule has 0 saturated carbocycles. The second-order valence-electron chi connectivity index (χ2n) is 4.93. The highest BCUT2D eigenvalue weighted by Crippen LogP contribution is 2.22. The van der Waals surface area contributed by atoms with Crippen molar-refractivity contribution in [2.75, 3.05) is 10.6 Å². The van der Waals surface area contributed by atoms with Gasteiger partial charge in [-0.2, -0.15) is 0 Å².